The van der Waals surface area contributed by atoms with Gasteiger partial charge in [-0.1, -0.05) is 6.92 Å². The molecular weight excluding hydrogens is 194 g/mol. The van der Waals surface area contributed by atoms with Gasteiger partial charge in [0.25, 0.3) is 0 Å². The molecule has 0 aliphatic carbocycles. The first kappa shape index (κ1) is 12.0. The average Bonchev–Trinajstić information content (AvgIpc) is 2.21. The van der Waals surface area contributed by atoms with Crippen LogP contribution in [0.3, 0.4) is 0 Å². The van der Waals surface area contributed by atoms with Gasteiger partial charge >= 0.3 is 0 Å². The molecule has 0 saturated carbocycles. The summed E-state index contributed by atoms with van der Waals surface area (Å²) in [5.41, 5.74) is 0. The minimum Gasteiger partial charge on any atom is -0.353 e. The number of piperazine rings is 1. The zero-order valence-corrected chi connectivity index (χ0v) is 9.54. The second kappa shape index (κ2) is 5.11. The van der Waals surface area contributed by atoms with Gasteiger partial charge in [-0.2, -0.15) is 0 Å². The van der Waals surface area contributed by atoms with E-state index in [2.05, 4.69) is 10.6 Å². The third-order valence-corrected chi connectivity index (χ3v) is 2.71. The zero-order valence-electron chi connectivity index (χ0n) is 9.54. The van der Waals surface area contributed by atoms with Gasteiger partial charge in [0.15, 0.2) is 0 Å². The SMILES string of the molecule is CNCC(C)C(=O)N1CCNC(=O)C1C. The molecule has 0 spiro atoms. The summed E-state index contributed by atoms with van der Waals surface area (Å²) in [6.07, 6.45) is 0. The Balaban J connectivity index is 2.61. The summed E-state index contributed by atoms with van der Waals surface area (Å²) in [6.45, 7) is 5.45. The van der Waals surface area contributed by atoms with Crippen LogP contribution in [0.15, 0.2) is 0 Å². The number of rotatable bonds is 3. The molecule has 0 radical (unpaired) electrons. The van der Waals surface area contributed by atoms with Crippen molar-refractivity contribution >= 4 is 11.8 Å². The molecule has 2 unspecified atom stereocenters. The lowest BCUT2D eigenvalue weighted by molar-refractivity contribution is -0.145. The maximum atomic E-state index is 11.9. The number of carbonyl (C=O) groups is 2. The second-order valence-electron chi connectivity index (χ2n) is 3.96. The van der Waals surface area contributed by atoms with E-state index in [9.17, 15) is 9.59 Å². The highest BCUT2D eigenvalue weighted by Crippen LogP contribution is 2.09. The first-order chi connectivity index (χ1) is 7.07. The van der Waals surface area contributed by atoms with Crippen molar-refractivity contribution in [3.63, 3.8) is 0 Å². The van der Waals surface area contributed by atoms with E-state index in [-0.39, 0.29) is 23.8 Å². The van der Waals surface area contributed by atoms with Crippen molar-refractivity contribution in [2.75, 3.05) is 26.7 Å². The molecule has 2 N–H and O–H groups in total. The van der Waals surface area contributed by atoms with Crippen molar-refractivity contribution in [3.8, 4) is 0 Å². The molecule has 0 aromatic rings. The van der Waals surface area contributed by atoms with Crippen LogP contribution in [0.5, 0.6) is 0 Å². The highest BCUT2D eigenvalue weighted by atomic mass is 16.2. The third kappa shape index (κ3) is 2.68. The molecular formula is C10H19N3O2. The van der Waals surface area contributed by atoms with Gasteiger partial charge in [-0.3, -0.25) is 9.59 Å². The first-order valence-electron chi connectivity index (χ1n) is 5.30. The van der Waals surface area contributed by atoms with Crippen molar-refractivity contribution in [2.45, 2.75) is 19.9 Å². The molecule has 1 heterocycles. The van der Waals surface area contributed by atoms with Gasteiger partial charge in [0, 0.05) is 25.6 Å². The quantitative estimate of drug-likeness (QED) is 0.644. The Labute approximate surface area is 90.2 Å². The molecule has 1 aliphatic heterocycles. The number of hydrogen-bond donors (Lipinski definition) is 2. The lowest BCUT2D eigenvalue weighted by atomic mass is 10.1. The topological polar surface area (TPSA) is 61.4 Å². The molecule has 5 nitrogen and oxygen atoms in total. The largest absolute Gasteiger partial charge is 0.353 e. The van der Waals surface area contributed by atoms with Gasteiger partial charge in [-0.15, -0.1) is 0 Å². The summed E-state index contributed by atoms with van der Waals surface area (Å²) in [5, 5.41) is 5.70. The monoisotopic (exact) mass is 213 g/mol. The van der Waals surface area contributed by atoms with Crippen LogP contribution in [-0.2, 0) is 9.59 Å². The van der Waals surface area contributed by atoms with Crippen LogP contribution in [0.25, 0.3) is 0 Å². The average molecular weight is 213 g/mol. The van der Waals surface area contributed by atoms with Crippen LogP contribution >= 0.6 is 0 Å². The molecule has 5 heteroatoms. The fourth-order valence-corrected chi connectivity index (χ4v) is 1.76. The number of carbonyl (C=O) groups excluding carboxylic acids is 2. The van der Waals surface area contributed by atoms with Gasteiger partial charge in [0.05, 0.1) is 0 Å². The van der Waals surface area contributed by atoms with E-state index in [0.29, 0.717) is 19.6 Å². The Hall–Kier alpha value is -1.10. The molecule has 1 aliphatic rings. The van der Waals surface area contributed by atoms with E-state index < -0.39 is 0 Å². The van der Waals surface area contributed by atoms with Crippen molar-refractivity contribution in [1.82, 2.24) is 15.5 Å². The Morgan fingerprint density at radius 3 is 3.00 bits per heavy atom. The van der Waals surface area contributed by atoms with Gasteiger partial charge < -0.3 is 15.5 Å². The van der Waals surface area contributed by atoms with E-state index in [1.54, 1.807) is 11.8 Å². The Morgan fingerprint density at radius 1 is 1.73 bits per heavy atom. The molecule has 86 valence electrons. The minimum absolute atomic E-state index is 0.0479. The number of amides is 2. The summed E-state index contributed by atoms with van der Waals surface area (Å²) in [7, 11) is 1.82. The fourth-order valence-electron chi connectivity index (χ4n) is 1.76. The van der Waals surface area contributed by atoms with E-state index in [1.807, 2.05) is 14.0 Å². The molecule has 2 atom stereocenters. The smallest absolute Gasteiger partial charge is 0.242 e. The molecule has 2 amide bonds. The van der Waals surface area contributed by atoms with Crippen LogP contribution in [-0.4, -0.2) is 49.4 Å². The zero-order chi connectivity index (χ0) is 11.4. The molecule has 0 bridgehead atoms. The molecule has 1 rings (SSSR count). The molecule has 1 fully saturated rings. The van der Waals surface area contributed by atoms with E-state index >= 15 is 0 Å². The summed E-state index contributed by atoms with van der Waals surface area (Å²) in [5.74, 6) is -0.0960. The number of nitrogens with one attached hydrogen (secondary N) is 2. The van der Waals surface area contributed by atoms with Crippen LogP contribution in [0.1, 0.15) is 13.8 Å². The van der Waals surface area contributed by atoms with Crippen LogP contribution in [0.2, 0.25) is 0 Å². The van der Waals surface area contributed by atoms with Crippen LogP contribution in [0, 0.1) is 5.92 Å². The lowest BCUT2D eigenvalue weighted by Gasteiger charge is -2.34. The maximum absolute atomic E-state index is 11.9. The van der Waals surface area contributed by atoms with Crippen LogP contribution < -0.4 is 10.6 Å². The van der Waals surface area contributed by atoms with Gasteiger partial charge in [0.1, 0.15) is 6.04 Å². The Kier molecular flexibility index (Phi) is 4.08. The molecule has 15 heavy (non-hydrogen) atoms. The minimum atomic E-state index is -0.342. The predicted octanol–water partition coefficient (Wildman–Crippen LogP) is -0.811. The van der Waals surface area contributed by atoms with Crippen molar-refractivity contribution in [2.24, 2.45) is 5.92 Å². The van der Waals surface area contributed by atoms with Crippen molar-refractivity contribution < 1.29 is 9.59 Å². The summed E-state index contributed by atoms with van der Waals surface area (Å²) < 4.78 is 0. The summed E-state index contributed by atoms with van der Waals surface area (Å²) in [4.78, 5) is 25.0. The molecule has 1 saturated heterocycles. The summed E-state index contributed by atoms with van der Waals surface area (Å²) in [6, 6.07) is -0.342. The molecule has 0 aromatic heterocycles. The first-order valence-corrected chi connectivity index (χ1v) is 5.30. The highest BCUT2D eigenvalue weighted by molar-refractivity contribution is 5.89. The third-order valence-electron chi connectivity index (χ3n) is 2.71. The fraction of sp³-hybridized carbons (Fsp3) is 0.800. The van der Waals surface area contributed by atoms with Crippen molar-refractivity contribution in [3.05, 3.63) is 0 Å². The van der Waals surface area contributed by atoms with Crippen molar-refractivity contribution in [1.29, 1.82) is 0 Å². The normalized spacial score (nSPS) is 23.5. The lowest BCUT2D eigenvalue weighted by Crippen LogP contribution is -2.57. The number of nitrogens with zero attached hydrogens (tertiary/aromatic N) is 1. The van der Waals surface area contributed by atoms with Gasteiger partial charge in [-0.05, 0) is 14.0 Å². The van der Waals surface area contributed by atoms with Gasteiger partial charge in [-0.25, -0.2) is 0 Å². The predicted molar refractivity (Wildman–Crippen MR) is 57.3 cm³/mol. The van der Waals surface area contributed by atoms with E-state index in [4.69, 9.17) is 0 Å². The van der Waals surface area contributed by atoms with E-state index in [0.717, 1.165) is 0 Å². The Bertz CT molecular complexity index is 255. The standard InChI is InChI=1S/C10H19N3O2/c1-7(6-11-3)10(15)13-5-4-12-9(14)8(13)2/h7-8,11H,4-6H2,1-3H3,(H,12,14). The van der Waals surface area contributed by atoms with E-state index in [1.165, 1.54) is 0 Å². The van der Waals surface area contributed by atoms with Gasteiger partial charge in [0.2, 0.25) is 11.8 Å². The second-order valence-corrected chi connectivity index (χ2v) is 3.96. The Morgan fingerprint density at radius 2 is 2.40 bits per heavy atom. The molecule has 0 aromatic carbocycles. The van der Waals surface area contributed by atoms with Crippen LogP contribution in [0.4, 0.5) is 0 Å². The maximum Gasteiger partial charge on any atom is 0.242 e. The number of hydrogen-bond acceptors (Lipinski definition) is 3. The highest BCUT2D eigenvalue weighted by Gasteiger charge is 2.31. The summed E-state index contributed by atoms with van der Waals surface area (Å²) >= 11 is 0.